The smallest absolute Gasteiger partial charge is 0.220 e. The quantitative estimate of drug-likeness (QED) is 0.689. The van der Waals surface area contributed by atoms with Crippen LogP contribution in [0.2, 0.25) is 0 Å². The lowest BCUT2D eigenvalue weighted by molar-refractivity contribution is 0.590. The van der Waals surface area contributed by atoms with E-state index in [-0.39, 0.29) is 0 Å². The zero-order valence-corrected chi connectivity index (χ0v) is 10.1. The highest BCUT2D eigenvalue weighted by Crippen LogP contribution is 2.16. The number of para-hydroxylation sites is 2. The molecule has 19 heavy (non-hydrogen) atoms. The van der Waals surface area contributed by atoms with E-state index in [4.69, 9.17) is 9.68 Å². The molecular formula is C16H10N2O. The molecule has 0 aliphatic carbocycles. The summed E-state index contributed by atoms with van der Waals surface area (Å²) in [5, 5.41) is 8.72. The molecule has 3 rings (SSSR count). The van der Waals surface area contributed by atoms with Gasteiger partial charge >= 0.3 is 0 Å². The standard InChI is InChI=1S/C16H10N2O/c17-11-13-7-5-12(6-8-13)9-10-16-18-14-3-1-2-4-15(14)19-16/h1-10H/b10-9+. The molecule has 0 bridgehead atoms. The van der Waals surface area contributed by atoms with Gasteiger partial charge < -0.3 is 4.42 Å². The van der Waals surface area contributed by atoms with E-state index >= 15 is 0 Å². The molecule has 0 saturated heterocycles. The van der Waals surface area contributed by atoms with E-state index in [1.54, 1.807) is 12.1 Å². The monoisotopic (exact) mass is 246 g/mol. The summed E-state index contributed by atoms with van der Waals surface area (Å²) in [4.78, 5) is 4.36. The molecule has 3 heteroatoms. The Bertz CT molecular complexity index is 743. The van der Waals surface area contributed by atoms with Crippen molar-refractivity contribution in [1.82, 2.24) is 4.98 Å². The number of hydrogen-bond donors (Lipinski definition) is 0. The third-order valence-corrected chi connectivity index (χ3v) is 2.77. The van der Waals surface area contributed by atoms with Gasteiger partial charge in [0.25, 0.3) is 0 Å². The van der Waals surface area contributed by atoms with Crippen molar-refractivity contribution in [1.29, 1.82) is 5.26 Å². The summed E-state index contributed by atoms with van der Waals surface area (Å²) < 4.78 is 5.58. The van der Waals surface area contributed by atoms with Crippen molar-refractivity contribution < 1.29 is 4.42 Å². The van der Waals surface area contributed by atoms with Gasteiger partial charge in [-0.1, -0.05) is 24.3 Å². The van der Waals surface area contributed by atoms with Gasteiger partial charge in [-0.25, -0.2) is 4.98 Å². The SMILES string of the molecule is N#Cc1ccc(/C=C/c2nc3ccccc3o2)cc1. The summed E-state index contributed by atoms with van der Waals surface area (Å²) in [6.45, 7) is 0. The van der Waals surface area contributed by atoms with E-state index in [2.05, 4.69) is 11.1 Å². The number of aromatic nitrogens is 1. The molecule has 2 aromatic carbocycles. The van der Waals surface area contributed by atoms with Crippen LogP contribution in [-0.4, -0.2) is 4.98 Å². The minimum atomic E-state index is 0.575. The van der Waals surface area contributed by atoms with E-state index in [9.17, 15) is 0 Å². The van der Waals surface area contributed by atoms with Crippen LogP contribution < -0.4 is 0 Å². The van der Waals surface area contributed by atoms with Crippen LogP contribution in [0.15, 0.2) is 52.9 Å². The summed E-state index contributed by atoms with van der Waals surface area (Å²) in [6, 6.07) is 17.1. The van der Waals surface area contributed by atoms with E-state index in [1.165, 1.54) is 0 Å². The summed E-state index contributed by atoms with van der Waals surface area (Å²) in [6.07, 6.45) is 3.73. The first kappa shape index (κ1) is 11.2. The number of hydrogen-bond acceptors (Lipinski definition) is 3. The maximum atomic E-state index is 8.72. The van der Waals surface area contributed by atoms with Crippen LogP contribution >= 0.6 is 0 Å². The molecule has 3 nitrogen and oxygen atoms in total. The fourth-order valence-electron chi connectivity index (χ4n) is 1.80. The summed E-state index contributed by atoms with van der Waals surface area (Å²) in [5.74, 6) is 0.575. The third kappa shape index (κ3) is 2.38. The number of rotatable bonds is 2. The van der Waals surface area contributed by atoms with Gasteiger partial charge in [0, 0.05) is 6.08 Å². The number of fused-ring (bicyclic) bond motifs is 1. The minimum Gasteiger partial charge on any atom is -0.437 e. The van der Waals surface area contributed by atoms with Crippen molar-refractivity contribution in [3.8, 4) is 6.07 Å². The first-order valence-electron chi connectivity index (χ1n) is 5.89. The zero-order chi connectivity index (χ0) is 13.1. The molecule has 0 amide bonds. The number of nitrogens with zero attached hydrogens (tertiary/aromatic N) is 2. The molecule has 1 heterocycles. The van der Waals surface area contributed by atoms with Gasteiger partial charge in [-0.15, -0.1) is 0 Å². The Morgan fingerprint density at radius 2 is 1.79 bits per heavy atom. The molecule has 0 radical (unpaired) electrons. The normalized spacial score (nSPS) is 10.9. The molecule has 1 aromatic heterocycles. The predicted octanol–water partition coefficient (Wildman–Crippen LogP) is 3.87. The fourth-order valence-corrected chi connectivity index (χ4v) is 1.80. The number of oxazole rings is 1. The molecular weight excluding hydrogens is 236 g/mol. The van der Waals surface area contributed by atoms with Crippen molar-refractivity contribution in [3.63, 3.8) is 0 Å². The lowest BCUT2D eigenvalue weighted by Gasteiger charge is -1.91. The molecule has 0 saturated carbocycles. The predicted molar refractivity (Wildman–Crippen MR) is 74.1 cm³/mol. The second-order valence-corrected chi connectivity index (χ2v) is 4.09. The second kappa shape index (κ2) is 4.79. The summed E-state index contributed by atoms with van der Waals surface area (Å²) >= 11 is 0. The molecule has 0 N–H and O–H groups in total. The van der Waals surface area contributed by atoms with Crippen LogP contribution in [0, 0.1) is 11.3 Å². The Balaban J connectivity index is 1.87. The maximum absolute atomic E-state index is 8.72. The van der Waals surface area contributed by atoms with Crippen LogP contribution in [-0.2, 0) is 0 Å². The molecule has 0 spiro atoms. The molecule has 0 fully saturated rings. The molecule has 3 aromatic rings. The van der Waals surface area contributed by atoms with Gasteiger partial charge in [0.2, 0.25) is 5.89 Å². The lowest BCUT2D eigenvalue weighted by Crippen LogP contribution is -1.75. The van der Waals surface area contributed by atoms with E-state index in [0.29, 0.717) is 11.5 Å². The highest BCUT2D eigenvalue weighted by molar-refractivity contribution is 5.75. The Morgan fingerprint density at radius 1 is 1.00 bits per heavy atom. The van der Waals surface area contributed by atoms with Gasteiger partial charge in [-0.3, -0.25) is 0 Å². The first-order chi connectivity index (χ1) is 9.35. The van der Waals surface area contributed by atoms with Crippen LogP contribution in [0.4, 0.5) is 0 Å². The fraction of sp³-hybridized carbons (Fsp3) is 0. The van der Waals surface area contributed by atoms with E-state index in [1.807, 2.05) is 48.6 Å². The van der Waals surface area contributed by atoms with Crippen molar-refractivity contribution in [2.24, 2.45) is 0 Å². The van der Waals surface area contributed by atoms with Crippen molar-refractivity contribution in [2.45, 2.75) is 0 Å². The first-order valence-corrected chi connectivity index (χ1v) is 5.89. The third-order valence-electron chi connectivity index (χ3n) is 2.77. The average molecular weight is 246 g/mol. The molecule has 0 unspecified atom stereocenters. The topological polar surface area (TPSA) is 49.8 Å². The van der Waals surface area contributed by atoms with Crippen molar-refractivity contribution in [2.75, 3.05) is 0 Å². The van der Waals surface area contributed by atoms with Gasteiger partial charge in [0.1, 0.15) is 5.52 Å². The second-order valence-electron chi connectivity index (χ2n) is 4.09. The van der Waals surface area contributed by atoms with E-state index < -0.39 is 0 Å². The maximum Gasteiger partial charge on any atom is 0.220 e. The Labute approximate surface area is 110 Å². The zero-order valence-electron chi connectivity index (χ0n) is 10.1. The molecule has 0 aliphatic rings. The Hall–Kier alpha value is -2.86. The molecule has 0 atom stereocenters. The average Bonchev–Trinajstić information content (AvgIpc) is 2.88. The van der Waals surface area contributed by atoms with Crippen LogP contribution in [0.3, 0.4) is 0 Å². The highest BCUT2D eigenvalue weighted by Gasteiger charge is 2.00. The van der Waals surface area contributed by atoms with Gasteiger partial charge in [0.05, 0.1) is 11.6 Å². The van der Waals surface area contributed by atoms with Gasteiger partial charge in [-0.05, 0) is 35.9 Å². The van der Waals surface area contributed by atoms with Gasteiger partial charge in [-0.2, -0.15) is 5.26 Å². The summed E-state index contributed by atoms with van der Waals surface area (Å²) in [7, 11) is 0. The molecule has 0 aliphatic heterocycles. The lowest BCUT2D eigenvalue weighted by atomic mass is 10.1. The Kier molecular flexibility index (Phi) is 2.83. The number of nitriles is 1. The van der Waals surface area contributed by atoms with Crippen molar-refractivity contribution >= 4 is 23.3 Å². The highest BCUT2D eigenvalue weighted by atomic mass is 16.3. The van der Waals surface area contributed by atoms with Crippen LogP contribution in [0.1, 0.15) is 17.0 Å². The largest absolute Gasteiger partial charge is 0.437 e. The summed E-state index contributed by atoms with van der Waals surface area (Å²) in [5.41, 5.74) is 3.28. The van der Waals surface area contributed by atoms with Crippen molar-refractivity contribution in [3.05, 3.63) is 65.5 Å². The van der Waals surface area contributed by atoms with Gasteiger partial charge in [0.15, 0.2) is 5.58 Å². The van der Waals surface area contributed by atoms with E-state index in [0.717, 1.165) is 16.7 Å². The van der Waals surface area contributed by atoms with Crippen LogP contribution in [0.25, 0.3) is 23.3 Å². The molecule has 90 valence electrons. The Morgan fingerprint density at radius 3 is 2.53 bits per heavy atom. The minimum absolute atomic E-state index is 0.575. The number of benzene rings is 2. The van der Waals surface area contributed by atoms with Crippen LogP contribution in [0.5, 0.6) is 0 Å².